The van der Waals surface area contributed by atoms with E-state index in [1.807, 2.05) is 20.8 Å². The Kier molecular flexibility index (Phi) is 9.75. The maximum Gasteiger partial charge on any atom is 0.256 e. The van der Waals surface area contributed by atoms with Gasteiger partial charge in [0, 0.05) is 12.3 Å². The predicted octanol–water partition coefficient (Wildman–Crippen LogP) is 5.05. The van der Waals surface area contributed by atoms with E-state index in [1.165, 1.54) is 0 Å². The Morgan fingerprint density at radius 1 is 1.15 bits per heavy atom. The Morgan fingerprint density at radius 3 is 2.50 bits per heavy atom. The second-order valence-electron chi connectivity index (χ2n) is 6.66. The summed E-state index contributed by atoms with van der Waals surface area (Å²) in [5, 5.41) is 12.2. The van der Waals surface area contributed by atoms with Gasteiger partial charge in [0.1, 0.15) is 17.4 Å². The number of ether oxygens (including phenoxy) is 2. The zero-order chi connectivity index (χ0) is 19.4. The Bertz CT molecular complexity index is 610. The summed E-state index contributed by atoms with van der Waals surface area (Å²) in [5.74, 6) is 0.369. The van der Waals surface area contributed by atoms with E-state index in [9.17, 15) is 10.1 Å². The lowest BCUT2D eigenvalue weighted by molar-refractivity contribution is -0.140. The van der Waals surface area contributed by atoms with Crippen molar-refractivity contribution in [2.24, 2.45) is 0 Å². The van der Waals surface area contributed by atoms with Crippen molar-refractivity contribution >= 4 is 11.6 Å². The van der Waals surface area contributed by atoms with Crippen molar-refractivity contribution in [1.29, 1.82) is 5.26 Å². The van der Waals surface area contributed by atoms with E-state index < -0.39 is 5.60 Å². The maximum atomic E-state index is 12.8. The molecule has 0 bridgehead atoms. The van der Waals surface area contributed by atoms with Crippen LogP contribution >= 0.6 is 0 Å². The van der Waals surface area contributed by atoms with Crippen LogP contribution in [0.1, 0.15) is 71.8 Å². The first-order chi connectivity index (χ1) is 12.5. The van der Waals surface area contributed by atoms with E-state index in [1.54, 1.807) is 18.2 Å². The molecule has 5 nitrogen and oxygen atoms in total. The standard InChI is InChI=1S/C21H32N2O3/c1-5-8-9-12-21(4,26-14-7-3)20(24)23-18-10-11-19(25-13-6-2)17(15-18)16-22/h10-11,15H,5-9,12-14H2,1-4H3,(H,23,24)/t21-/m0/s1. The minimum atomic E-state index is -0.866. The number of carbonyl (C=O) groups is 1. The number of nitrogens with one attached hydrogen (secondary N) is 1. The summed E-state index contributed by atoms with van der Waals surface area (Å²) in [6.07, 6.45) is 5.51. The molecule has 0 spiro atoms. The molecule has 0 heterocycles. The minimum absolute atomic E-state index is 0.173. The molecule has 0 aliphatic rings. The van der Waals surface area contributed by atoms with Crippen LogP contribution in [0.5, 0.6) is 5.75 Å². The van der Waals surface area contributed by atoms with Crippen LogP contribution in [0, 0.1) is 11.3 Å². The number of rotatable bonds is 12. The van der Waals surface area contributed by atoms with Crippen molar-refractivity contribution < 1.29 is 14.3 Å². The first-order valence-corrected chi connectivity index (χ1v) is 9.63. The SMILES string of the molecule is CCCCC[C@](C)(OCCC)C(=O)Nc1ccc(OCCC)c(C#N)c1. The molecule has 144 valence electrons. The van der Waals surface area contributed by atoms with Crippen molar-refractivity contribution in [1.82, 2.24) is 0 Å². The number of benzene rings is 1. The van der Waals surface area contributed by atoms with Gasteiger partial charge in [-0.1, -0.05) is 40.0 Å². The van der Waals surface area contributed by atoms with E-state index in [0.717, 1.165) is 32.1 Å². The van der Waals surface area contributed by atoms with Gasteiger partial charge >= 0.3 is 0 Å². The van der Waals surface area contributed by atoms with Crippen molar-refractivity contribution in [3.63, 3.8) is 0 Å². The summed E-state index contributed by atoms with van der Waals surface area (Å²) in [6.45, 7) is 9.12. The highest BCUT2D eigenvalue weighted by molar-refractivity contribution is 5.97. The third-order valence-electron chi connectivity index (χ3n) is 4.18. The first kappa shape index (κ1) is 22.0. The molecule has 1 aromatic carbocycles. The van der Waals surface area contributed by atoms with Gasteiger partial charge in [0.2, 0.25) is 0 Å². The van der Waals surface area contributed by atoms with Crippen molar-refractivity contribution in [2.45, 2.75) is 71.8 Å². The van der Waals surface area contributed by atoms with Gasteiger partial charge in [-0.05, 0) is 44.4 Å². The molecule has 0 saturated heterocycles. The molecule has 0 fully saturated rings. The van der Waals surface area contributed by atoms with Gasteiger partial charge in [0.05, 0.1) is 12.2 Å². The van der Waals surface area contributed by atoms with Crippen LogP contribution in [-0.4, -0.2) is 24.7 Å². The number of unbranched alkanes of at least 4 members (excludes halogenated alkanes) is 2. The van der Waals surface area contributed by atoms with E-state index in [4.69, 9.17) is 9.47 Å². The first-order valence-electron chi connectivity index (χ1n) is 9.63. The Balaban J connectivity index is 2.88. The van der Waals surface area contributed by atoms with Crippen molar-refractivity contribution in [3.8, 4) is 11.8 Å². The fourth-order valence-electron chi connectivity index (χ4n) is 2.59. The molecule has 0 radical (unpaired) electrons. The molecule has 1 rings (SSSR count). The average molecular weight is 360 g/mol. The zero-order valence-electron chi connectivity index (χ0n) is 16.6. The lowest BCUT2D eigenvalue weighted by Gasteiger charge is -2.29. The summed E-state index contributed by atoms with van der Waals surface area (Å²) in [4.78, 5) is 12.8. The van der Waals surface area contributed by atoms with Gasteiger partial charge in [-0.2, -0.15) is 5.26 Å². The van der Waals surface area contributed by atoms with Crippen molar-refractivity contribution in [3.05, 3.63) is 23.8 Å². The maximum absolute atomic E-state index is 12.8. The molecule has 1 aromatic rings. The second kappa shape index (κ2) is 11.5. The van der Waals surface area contributed by atoms with Crippen LogP contribution in [0.2, 0.25) is 0 Å². The topological polar surface area (TPSA) is 71.3 Å². The van der Waals surface area contributed by atoms with Gasteiger partial charge in [-0.3, -0.25) is 4.79 Å². The quantitative estimate of drug-likeness (QED) is 0.529. The van der Waals surface area contributed by atoms with E-state index in [-0.39, 0.29) is 5.91 Å². The van der Waals surface area contributed by atoms with Crippen molar-refractivity contribution in [2.75, 3.05) is 18.5 Å². The number of hydrogen-bond acceptors (Lipinski definition) is 4. The van der Waals surface area contributed by atoms with Gasteiger partial charge < -0.3 is 14.8 Å². The van der Waals surface area contributed by atoms with Crippen LogP contribution < -0.4 is 10.1 Å². The molecule has 0 aliphatic heterocycles. The number of hydrogen-bond donors (Lipinski definition) is 1. The molecule has 1 amide bonds. The highest BCUT2D eigenvalue weighted by Gasteiger charge is 2.33. The van der Waals surface area contributed by atoms with Crippen LogP contribution in [-0.2, 0) is 9.53 Å². The highest BCUT2D eigenvalue weighted by Crippen LogP contribution is 2.26. The monoisotopic (exact) mass is 360 g/mol. The van der Waals surface area contributed by atoms with Gasteiger partial charge in [-0.15, -0.1) is 0 Å². The summed E-state index contributed by atoms with van der Waals surface area (Å²) in [6, 6.07) is 7.26. The van der Waals surface area contributed by atoms with Gasteiger partial charge in [0.15, 0.2) is 0 Å². The number of nitrogens with zero attached hydrogens (tertiary/aromatic N) is 1. The summed E-state index contributed by atoms with van der Waals surface area (Å²) < 4.78 is 11.5. The molecule has 26 heavy (non-hydrogen) atoms. The minimum Gasteiger partial charge on any atom is -0.492 e. The van der Waals surface area contributed by atoms with E-state index in [2.05, 4.69) is 18.3 Å². The lowest BCUT2D eigenvalue weighted by Crippen LogP contribution is -2.43. The molecule has 0 aromatic heterocycles. The normalized spacial score (nSPS) is 12.9. The molecule has 1 atom stereocenters. The van der Waals surface area contributed by atoms with Gasteiger partial charge in [-0.25, -0.2) is 0 Å². The van der Waals surface area contributed by atoms with Crippen LogP contribution in [0.25, 0.3) is 0 Å². The molecule has 0 saturated carbocycles. The predicted molar refractivity (Wildman–Crippen MR) is 104 cm³/mol. The largest absolute Gasteiger partial charge is 0.492 e. The number of anilines is 1. The average Bonchev–Trinajstić information content (AvgIpc) is 2.65. The van der Waals surface area contributed by atoms with E-state index in [0.29, 0.717) is 36.6 Å². The molecule has 1 N–H and O–H groups in total. The fraction of sp³-hybridized carbons (Fsp3) is 0.619. The number of carbonyl (C=O) groups excluding carboxylic acids is 1. The summed E-state index contributed by atoms with van der Waals surface area (Å²) >= 11 is 0. The zero-order valence-corrected chi connectivity index (χ0v) is 16.6. The Hall–Kier alpha value is -2.06. The van der Waals surface area contributed by atoms with Crippen LogP contribution in [0.4, 0.5) is 5.69 Å². The second-order valence-corrected chi connectivity index (χ2v) is 6.66. The molecular formula is C21H32N2O3. The Morgan fingerprint density at radius 2 is 1.88 bits per heavy atom. The molecule has 0 aliphatic carbocycles. The number of nitriles is 1. The third-order valence-corrected chi connectivity index (χ3v) is 4.18. The Labute approximate surface area is 157 Å². The molecular weight excluding hydrogens is 328 g/mol. The highest BCUT2D eigenvalue weighted by atomic mass is 16.5. The molecule has 0 unspecified atom stereocenters. The lowest BCUT2D eigenvalue weighted by atomic mass is 9.96. The smallest absolute Gasteiger partial charge is 0.256 e. The van der Waals surface area contributed by atoms with E-state index >= 15 is 0 Å². The third kappa shape index (κ3) is 6.68. The molecule has 5 heteroatoms. The number of amides is 1. The summed E-state index contributed by atoms with van der Waals surface area (Å²) in [7, 11) is 0. The fourth-order valence-corrected chi connectivity index (χ4v) is 2.59. The van der Waals surface area contributed by atoms with Gasteiger partial charge in [0.25, 0.3) is 5.91 Å². The van der Waals surface area contributed by atoms with Crippen LogP contribution in [0.15, 0.2) is 18.2 Å². The van der Waals surface area contributed by atoms with Crippen LogP contribution in [0.3, 0.4) is 0 Å². The summed E-state index contributed by atoms with van der Waals surface area (Å²) in [5.41, 5.74) is 0.130.